The molecule has 2 rings (SSSR count). The van der Waals surface area contributed by atoms with Crippen molar-refractivity contribution >= 4 is 17.6 Å². The Hall–Kier alpha value is -2.56. The lowest BCUT2D eigenvalue weighted by molar-refractivity contribution is 0.0696. The molecule has 2 aromatic rings. The smallest absolute Gasteiger partial charge is 0.338 e. The molecule has 1 aromatic heterocycles. The van der Waals surface area contributed by atoms with E-state index in [-0.39, 0.29) is 17.2 Å². The molecule has 0 aliphatic heterocycles. The van der Waals surface area contributed by atoms with E-state index in [0.29, 0.717) is 0 Å². The molecule has 5 nitrogen and oxygen atoms in total. The first-order chi connectivity index (χ1) is 9.00. The lowest BCUT2D eigenvalue weighted by Gasteiger charge is -2.17. The number of furan rings is 1. The van der Waals surface area contributed by atoms with Crippen LogP contribution in [0.4, 0.5) is 5.69 Å². The number of carboxylic acids is 1. The highest BCUT2D eigenvalue weighted by atomic mass is 16.4. The Morgan fingerprint density at radius 2 is 1.95 bits per heavy atom. The van der Waals surface area contributed by atoms with Crippen molar-refractivity contribution in [2.75, 3.05) is 11.9 Å². The lowest BCUT2D eigenvalue weighted by Crippen LogP contribution is -2.26. The SMILES string of the molecule is Cc1ccccc1N(C)C(=O)c1cc(C(=O)O)co1. The van der Waals surface area contributed by atoms with Gasteiger partial charge in [-0.25, -0.2) is 4.79 Å². The summed E-state index contributed by atoms with van der Waals surface area (Å²) < 4.78 is 5.00. The molecule has 0 bridgehead atoms. The van der Waals surface area contributed by atoms with Crippen molar-refractivity contribution in [1.82, 2.24) is 0 Å². The van der Waals surface area contributed by atoms with E-state index in [9.17, 15) is 9.59 Å². The number of benzene rings is 1. The maximum atomic E-state index is 12.2. The first kappa shape index (κ1) is 12.9. The van der Waals surface area contributed by atoms with Crippen LogP contribution < -0.4 is 4.90 Å². The summed E-state index contributed by atoms with van der Waals surface area (Å²) in [4.78, 5) is 24.3. The molecule has 0 aliphatic carbocycles. The third-order valence-electron chi connectivity index (χ3n) is 2.84. The van der Waals surface area contributed by atoms with Crippen LogP contribution in [-0.4, -0.2) is 24.0 Å². The van der Waals surface area contributed by atoms with Crippen molar-refractivity contribution in [3.05, 3.63) is 53.5 Å². The zero-order valence-electron chi connectivity index (χ0n) is 10.6. The molecule has 1 N–H and O–H groups in total. The predicted octanol–water partition coefficient (Wildman–Crippen LogP) is 2.56. The van der Waals surface area contributed by atoms with Gasteiger partial charge in [0.1, 0.15) is 6.26 Å². The molecule has 19 heavy (non-hydrogen) atoms. The second kappa shape index (κ2) is 4.97. The van der Waals surface area contributed by atoms with Gasteiger partial charge in [0.25, 0.3) is 5.91 Å². The number of nitrogens with zero attached hydrogens (tertiary/aromatic N) is 1. The number of carboxylic acid groups (broad SMARTS) is 1. The molecule has 0 saturated carbocycles. The highest BCUT2D eigenvalue weighted by molar-refractivity contribution is 6.05. The Balaban J connectivity index is 2.28. The van der Waals surface area contributed by atoms with E-state index < -0.39 is 5.97 Å². The third kappa shape index (κ3) is 2.49. The van der Waals surface area contributed by atoms with Gasteiger partial charge in [-0.2, -0.15) is 0 Å². The molecule has 0 radical (unpaired) electrons. The van der Waals surface area contributed by atoms with Crippen molar-refractivity contribution in [3.63, 3.8) is 0 Å². The second-order valence-electron chi connectivity index (χ2n) is 4.16. The van der Waals surface area contributed by atoms with Gasteiger partial charge in [-0.1, -0.05) is 18.2 Å². The number of anilines is 1. The quantitative estimate of drug-likeness (QED) is 0.919. The zero-order chi connectivity index (χ0) is 14.0. The van der Waals surface area contributed by atoms with Crippen molar-refractivity contribution in [1.29, 1.82) is 0 Å². The van der Waals surface area contributed by atoms with Crippen LogP contribution in [0.1, 0.15) is 26.5 Å². The molecule has 0 spiro atoms. The Bertz CT molecular complexity index is 630. The molecule has 1 aromatic carbocycles. The highest BCUT2D eigenvalue weighted by Crippen LogP contribution is 2.20. The van der Waals surface area contributed by atoms with E-state index >= 15 is 0 Å². The number of aryl methyl sites for hydroxylation is 1. The molecule has 5 heteroatoms. The van der Waals surface area contributed by atoms with E-state index in [4.69, 9.17) is 9.52 Å². The van der Waals surface area contributed by atoms with Gasteiger partial charge in [0.05, 0.1) is 5.56 Å². The van der Waals surface area contributed by atoms with Crippen molar-refractivity contribution in [2.24, 2.45) is 0 Å². The molecule has 1 amide bonds. The minimum Gasteiger partial charge on any atom is -0.478 e. The van der Waals surface area contributed by atoms with Crippen LogP contribution in [-0.2, 0) is 0 Å². The number of aromatic carboxylic acids is 1. The number of carbonyl (C=O) groups is 2. The van der Waals surface area contributed by atoms with Gasteiger partial charge < -0.3 is 14.4 Å². The maximum absolute atomic E-state index is 12.2. The van der Waals surface area contributed by atoms with Crippen LogP contribution in [0.3, 0.4) is 0 Å². The van der Waals surface area contributed by atoms with E-state index in [1.165, 1.54) is 11.0 Å². The van der Waals surface area contributed by atoms with Crippen LogP contribution in [0, 0.1) is 6.92 Å². The molecular weight excluding hydrogens is 246 g/mol. The topological polar surface area (TPSA) is 70.8 Å². The summed E-state index contributed by atoms with van der Waals surface area (Å²) in [5.74, 6) is -1.51. The Morgan fingerprint density at radius 1 is 1.26 bits per heavy atom. The number of para-hydroxylation sites is 1. The average Bonchev–Trinajstić information content (AvgIpc) is 2.87. The standard InChI is InChI=1S/C14H13NO4/c1-9-5-3-4-6-11(9)15(2)13(16)12-7-10(8-19-12)14(17)18/h3-8H,1-2H3,(H,17,18). The fourth-order valence-corrected chi connectivity index (χ4v) is 1.77. The Morgan fingerprint density at radius 3 is 2.53 bits per heavy atom. The summed E-state index contributed by atoms with van der Waals surface area (Å²) in [7, 11) is 1.62. The van der Waals surface area contributed by atoms with Gasteiger partial charge in [0.15, 0.2) is 5.76 Å². The molecule has 0 atom stereocenters. The van der Waals surface area contributed by atoms with Crippen LogP contribution in [0.5, 0.6) is 0 Å². The van der Waals surface area contributed by atoms with E-state index in [2.05, 4.69) is 0 Å². The number of hydrogen-bond donors (Lipinski definition) is 1. The average molecular weight is 259 g/mol. The monoisotopic (exact) mass is 259 g/mol. The van der Waals surface area contributed by atoms with Crippen molar-refractivity contribution < 1.29 is 19.1 Å². The number of carbonyl (C=O) groups excluding carboxylic acids is 1. The third-order valence-corrected chi connectivity index (χ3v) is 2.84. The summed E-state index contributed by atoms with van der Waals surface area (Å²) in [6, 6.07) is 8.64. The summed E-state index contributed by atoms with van der Waals surface area (Å²) in [5, 5.41) is 8.79. The molecule has 0 saturated heterocycles. The molecule has 0 unspecified atom stereocenters. The van der Waals surface area contributed by atoms with Crippen molar-refractivity contribution in [3.8, 4) is 0 Å². The van der Waals surface area contributed by atoms with E-state index in [1.807, 2.05) is 31.2 Å². The number of amides is 1. The molecule has 0 aliphatic rings. The van der Waals surface area contributed by atoms with Gasteiger partial charge in [-0.3, -0.25) is 4.79 Å². The largest absolute Gasteiger partial charge is 0.478 e. The Kier molecular flexibility index (Phi) is 3.37. The molecular formula is C14H13NO4. The van der Waals surface area contributed by atoms with Crippen LogP contribution >= 0.6 is 0 Å². The molecule has 98 valence electrons. The van der Waals surface area contributed by atoms with Gasteiger partial charge in [0.2, 0.25) is 0 Å². The van der Waals surface area contributed by atoms with Crippen molar-refractivity contribution in [2.45, 2.75) is 6.92 Å². The summed E-state index contributed by atoms with van der Waals surface area (Å²) >= 11 is 0. The number of rotatable bonds is 3. The van der Waals surface area contributed by atoms with Gasteiger partial charge in [-0.15, -0.1) is 0 Å². The van der Waals surface area contributed by atoms with Crippen LogP contribution in [0.25, 0.3) is 0 Å². The van der Waals surface area contributed by atoms with E-state index in [1.54, 1.807) is 7.05 Å². The van der Waals surface area contributed by atoms with E-state index in [0.717, 1.165) is 17.5 Å². The minimum absolute atomic E-state index is 0.00292. The first-order valence-corrected chi connectivity index (χ1v) is 5.66. The predicted molar refractivity (Wildman–Crippen MR) is 69.6 cm³/mol. The zero-order valence-corrected chi connectivity index (χ0v) is 10.6. The maximum Gasteiger partial charge on any atom is 0.338 e. The summed E-state index contributed by atoms with van der Waals surface area (Å²) in [6.45, 7) is 1.89. The van der Waals surface area contributed by atoms with Gasteiger partial charge in [-0.05, 0) is 18.6 Å². The van der Waals surface area contributed by atoms with Gasteiger partial charge in [0, 0.05) is 18.8 Å². The minimum atomic E-state index is -1.12. The highest BCUT2D eigenvalue weighted by Gasteiger charge is 2.20. The summed E-state index contributed by atoms with van der Waals surface area (Å²) in [6.07, 6.45) is 1.06. The normalized spacial score (nSPS) is 10.2. The van der Waals surface area contributed by atoms with Crippen LogP contribution in [0.2, 0.25) is 0 Å². The fourth-order valence-electron chi connectivity index (χ4n) is 1.77. The number of hydrogen-bond acceptors (Lipinski definition) is 3. The van der Waals surface area contributed by atoms with Gasteiger partial charge >= 0.3 is 5.97 Å². The lowest BCUT2D eigenvalue weighted by atomic mass is 10.2. The first-order valence-electron chi connectivity index (χ1n) is 5.66. The molecule has 0 fully saturated rings. The van der Waals surface area contributed by atoms with Crippen LogP contribution in [0.15, 0.2) is 41.0 Å². The second-order valence-corrected chi connectivity index (χ2v) is 4.16. The fraction of sp³-hybridized carbons (Fsp3) is 0.143. The molecule has 1 heterocycles. The Labute approximate surface area is 110 Å². The summed E-state index contributed by atoms with van der Waals surface area (Å²) in [5.41, 5.74) is 1.66.